The number of fused-ring (bicyclic) bond motifs is 2. The number of benzene rings is 1. The first-order valence-corrected chi connectivity index (χ1v) is 10.5. The number of ether oxygens (including phenoxy) is 3. The van der Waals surface area contributed by atoms with Gasteiger partial charge >= 0.3 is 11.9 Å². The first kappa shape index (κ1) is 22.1. The van der Waals surface area contributed by atoms with E-state index in [1.54, 1.807) is 0 Å². The number of cyclic esters (lactones) is 1. The van der Waals surface area contributed by atoms with Crippen molar-refractivity contribution in [2.75, 3.05) is 13.2 Å². The zero-order valence-corrected chi connectivity index (χ0v) is 17.8. The van der Waals surface area contributed by atoms with Gasteiger partial charge < -0.3 is 14.2 Å². The zero-order chi connectivity index (χ0) is 23.3. The molecule has 11 heteroatoms. The normalized spacial score (nSPS) is 33.6. The maximum Gasteiger partial charge on any atom is 0.338 e. The summed E-state index contributed by atoms with van der Waals surface area (Å²) < 4.78 is 17.0. The molecule has 5 atom stereocenters. The number of carbonyl (C=O) groups is 2. The minimum atomic E-state index is -0.897. The van der Waals surface area contributed by atoms with Gasteiger partial charge in [-0.25, -0.2) is 4.79 Å². The highest BCUT2D eigenvalue weighted by atomic mass is 16.6. The summed E-state index contributed by atoms with van der Waals surface area (Å²) in [6.45, 7) is 4.46. The Morgan fingerprint density at radius 1 is 1.19 bits per heavy atom. The third kappa shape index (κ3) is 3.70. The summed E-state index contributed by atoms with van der Waals surface area (Å²) in [7, 11) is 0. The van der Waals surface area contributed by atoms with Gasteiger partial charge in [-0.05, 0) is 25.2 Å². The molecule has 0 aromatic heterocycles. The van der Waals surface area contributed by atoms with Gasteiger partial charge in [-0.2, -0.15) is 0 Å². The Labute approximate surface area is 183 Å². The van der Waals surface area contributed by atoms with E-state index in [0.717, 1.165) is 31.0 Å². The maximum absolute atomic E-state index is 12.5. The first-order valence-electron chi connectivity index (χ1n) is 10.5. The van der Waals surface area contributed by atoms with Crippen molar-refractivity contribution in [1.29, 1.82) is 0 Å². The molecular formula is C21H24N2O9. The smallest absolute Gasteiger partial charge is 0.338 e. The molecule has 0 unspecified atom stereocenters. The van der Waals surface area contributed by atoms with Gasteiger partial charge in [0, 0.05) is 23.5 Å². The summed E-state index contributed by atoms with van der Waals surface area (Å²) in [5.74, 6) is -0.965. The van der Waals surface area contributed by atoms with Crippen molar-refractivity contribution >= 4 is 23.3 Å². The lowest BCUT2D eigenvalue weighted by Crippen LogP contribution is -2.48. The number of rotatable bonds is 5. The van der Waals surface area contributed by atoms with Crippen LogP contribution in [0.5, 0.6) is 0 Å². The fourth-order valence-corrected chi connectivity index (χ4v) is 5.56. The molecule has 1 spiro atoms. The van der Waals surface area contributed by atoms with Crippen LogP contribution in [0.25, 0.3) is 0 Å². The van der Waals surface area contributed by atoms with Crippen LogP contribution < -0.4 is 0 Å². The van der Waals surface area contributed by atoms with Gasteiger partial charge in [0.25, 0.3) is 11.4 Å². The maximum atomic E-state index is 12.5. The van der Waals surface area contributed by atoms with Crippen molar-refractivity contribution in [3.63, 3.8) is 0 Å². The van der Waals surface area contributed by atoms with E-state index in [-0.39, 0.29) is 35.4 Å². The van der Waals surface area contributed by atoms with E-state index in [1.165, 1.54) is 0 Å². The van der Waals surface area contributed by atoms with Gasteiger partial charge in [0.2, 0.25) is 0 Å². The van der Waals surface area contributed by atoms with E-state index in [1.807, 2.05) is 0 Å². The van der Waals surface area contributed by atoms with Crippen molar-refractivity contribution in [3.05, 3.63) is 44.0 Å². The minimum Gasteiger partial charge on any atom is -0.465 e. The summed E-state index contributed by atoms with van der Waals surface area (Å²) in [6.07, 6.45) is 2.18. The molecule has 4 rings (SSSR count). The topological polar surface area (TPSA) is 148 Å². The molecule has 2 saturated heterocycles. The lowest BCUT2D eigenvalue weighted by Gasteiger charge is -2.43. The van der Waals surface area contributed by atoms with Gasteiger partial charge in [0.1, 0.15) is 6.61 Å². The van der Waals surface area contributed by atoms with Gasteiger partial charge in [0.15, 0.2) is 0 Å². The minimum absolute atomic E-state index is 0.0198. The predicted molar refractivity (Wildman–Crippen MR) is 108 cm³/mol. The molecule has 11 nitrogen and oxygen atoms in total. The van der Waals surface area contributed by atoms with Crippen LogP contribution in [0.15, 0.2) is 18.2 Å². The van der Waals surface area contributed by atoms with Crippen LogP contribution in [0, 0.1) is 37.5 Å². The van der Waals surface area contributed by atoms with Crippen LogP contribution in [0.2, 0.25) is 0 Å². The fourth-order valence-electron chi connectivity index (χ4n) is 5.56. The second kappa shape index (κ2) is 7.80. The van der Waals surface area contributed by atoms with E-state index >= 15 is 0 Å². The lowest BCUT2D eigenvalue weighted by atomic mass is 9.69. The molecule has 2 aliphatic heterocycles. The van der Waals surface area contributed by atoms with E-state index in [2.05, 4.69) is 13.8 Å². The van der Waals surface area contributed by atoms with Crippen LogP contribution in [0.1, 0.15) is 49.9 Å². The molecule has 2 heterocycles. The molecule has 3 aliphatic rings. The zero-order valence-electron chi connectivity index (χ0n) is 17.8. The number of nitrogens with zero attached hydrogens (tertiary/aromatic N) is 2. The summed E-state index contributed by atoms with van der Waals surface area (Å²) in [5.41, 5.74) is -2.03. The third-order valence-corrected chi connectivity index (χ3v) is 7.25. The molecular weight excluding hydrogens is 424 g/mol. The Hall–Kier alpha value is -3.08. The van der Waals surface area contributed by atoms with Crippen LogP contribution >= 0.6 is 0 Å². The first-order chi connectivity index (χ1) is 15.0. The molecule has 32 heavy (non-hydrogen) atoms. The Morgan fingerprint density at radius 3 is 2.47 bits per heavy atom. The highest BCUT2D eigenvalue weighted by Gasteiger charge is 2.63. The molecule has 0 bridgehead atoms. The SMILES string of the molecule is C[C@H]1C[C@H](COC(=O)c2cc([N+](=O)[O-])cc([N+](=O)[O-])c2)O[C@@]12CC[C@]1(C)COC(=O)C[C@H]12. The Kier molecular flexibility index (Phi) is 5.40. The Morgan fingerprint density at radius 2 is 1.84 bits per heavy atom. The standard InChI is InChI=1S/C21H24N2O9/c1-12-5-16(32-21(12)4-3-20(2)11-31-18(24)9-17(20)21)10-30-19(25)13-6-14(22(26)27)8-15(7-13)23(28)29/h6-8,12,16-17H,3-5,9-11H2,1-2H3/t12-,16+,17+,20+,21-/m0/s1. The van der Waals surface area contributed by atoms with Gasteiger partial charge in [-0.1, -0.05) is 13.8 Å². The number of carbonyl (C=O) groups excluding carboxylic acids is 2. The van der Waals surface area contributed by atoms with Crippen molar-refractivity contribution in [1.82, 2.24) is 0 Å². The van der Waals surface area contributed by atoms with Crippen molar-refractivity contribution in [2.24, 2.45) is 17.3 Å². The predicted octanol–water partition coefficient (Wildman–Crippen LogP) is 3.19. The van der Waals surface area contributed by atoms with Crippen LogP contribution in [-0.2, 0) is 19.0 Å². The number of hydrogen-bond donors (Lipinski definition) is 0. The Balaban J connectivity index is 1.46. The number of esters is 2. The van der Waals surface area contributed by atoms with E-state index < -0.39 is 38.9 Å². The molecule has 3 fully saturated rings. The van der Waals surface area contributed by atoms with Gasteiger partial charge in [-0.15, -0.1) is 0 Å². The largest absolute Gasteiger partial charge is 0.465 e. The second-order valence-corrected chi connectivity index (χ2v) is 9.25. The van der Waals surface area contributed by atoms with Gasteiger partial charge in [-0.3, -0.25) is 25.0 Å². The van der Waals surface area contributed by atoms with Crippen LogP contribution in [0.3, 0.4) is 0 Å². The average Bonchev–Trinajstić information content (AvgIpc) is 3.23. The van der Waals surface area contributed by atoms with E-state index in [4.69, 9.17) is 14.2 Å². The summed E-state index contributed by atoms with van der Waals surface area (Å²) >= 11 is 0. The van der Waals surface area contributed by atoms with E-state index in [9.17, 15) is 29.8 Å². The monoisotopic (exact) mass is 448 g/mol. The van der Waals surface area contributed by atoms with Crippen molar-refractivity contribution in [3.8, 4) is 0 Å². The lowest BCUT2D eigenvalue weighted by molar-refractivity contribution is -0.394. The van der Waals surface area contributed by atoms with Crippen molar-refractivity contribution in [2.45, 2.75) is 51.2 Å². The molecule has 1 aromatic rings. The number of hydrogen-bond acceptors (Lipinski definition) is 9. The second-order valence-electron chi connectivity index (χ2n) is 9.25. The third-order valence-electron chi connectivity index (χ3n) is 7.25. The number of non-ortho nitro benzene ring substituents is 2. The molecule has 1 aromatic carbocycles. The summed E-state index contributed by atoms with van der Waals surface area (Å²) in [6, 6.07) is 2.69. The van der Waals surface area contributed by atoms with Crippen molar-refractivity contribution < 1.29 is 33.6 Å². The molecule has 1 aliphatic carbocycles. The highest BCUT2D eigenvalue weighted by Crippen LogP contribution is 2.60. The average molecular weight is 448 g/mol. The van der Waals surface area contributed by atoms with Crippen LogP contribution in [0.4, 0.5) is 11.4 Å². The number of nitro groups is 2. The molecule has 0 amide bonds. The highest BCUT2D eigenvalue weighted by molar-refractivity contribution is 5.91. The molecule has 0 N–H and O–H groups in total. The molecule has 0 radical (unpaired) electrons. The van der Waals surface area contributed by atoms with Crippen LogP contribution in [-0.4, -0.2) is 46.7 Å². The summed E-state index contributed by atoms with van der Waals surface area (Å²) in [4.78, 5) is 44.9. The Bertz CT molecular complexity index is 963. The van der Waals surface area contributed by atoms with Gasteiger partial charge in [0.05, 0.1) is 46.2 Å². The molecule has 1 saturated carbocycles. The quantitative estimate of drug-likeness (QED) is 0.376. The number of nitro benzene ring substituents is 2. The summed E-state index contributed by atoms with van der Waals surface area (Å²) in [5, 5.41) is 22.1. The fraction of sp³-hybridized carbons (Fsp3) is 0.619. The molecule has 172 valence electrons. The van der Waals surface area contributed by atoms with E-state index in [0.29, 0.717) is 19.4 Å².